The van der Waals surface area contributed by atoms with Crippen LogP contribution in [-0.2, 0) is 14.3 Å². The molecule has 1 saturated heterocycles. The molecule has 122 valence electrons. The van der Waals surface area contributed by atoms with Gasteiger partial charge in [-0.3, -0.25) is 9.59 Å². The van der Waals surface area contributed by atoms with Crippen LogP contribution in [0.5, 0.6) is 0 Å². The smallest absolute Gasteiger partial charge is 0.305 e. The Labute approximate surface area is 127 Å². The summed E-state index contributed by atoms with van der Waals surface area (Å²) in [6.45, 7) is 3.94. The van der Waals surface area contributed by atoms with Crippen molar-refractivity contribution in [2.75, 3.05) is 19.7 Å². The lowest BCUT2D eigenvalue weighted by atomic mass is 10.1. The summed E-state index contributed by atoms with van der Waals surface area (Å²) in [7, 11) is 0. The van der Waals surface area contributed by atoms with Crippen LogP contribution in [0.2, 0.25) is 0 Å². The minimum absolute atomic E-state index is 0.0525. The van der Waals surface area contributed by atoms with E-state index in [0.29, 0.717) is 6.42 Å². The Morgan fingerprint density at radius 1 is 1.10 bits per heavy atom. The van der Waals surface area contributed by atoms with Crippen molar-refractivity contribution >= 4 is 11.9 Å². The molecule has 0 unspecified atom stereocenters. The molecule has 0 aromatic rings. The van der Waals surface area contributed by atoms with Gasteiger partial charge in [0.1, 0.15) is 0 Å². The second-order valence-corrected chi connectivity index (χ2v) is 5.76. The molecule has 0 radical (unpaired) electrons. The second kappa shape index (κ2) is 10.6. The van der Waals surface area contributed by atoms with Crippen LogP contribution in [-0.4, -0.2) is 47.7 Å². The van der Waals surface area contributed by atoms with E-state index in [4.69, 9.17) is 9.84 Å². The molecule has 0 bridgehead atoms. The highest BCUT2D eigenvalue weighted by atomic mass is 16.5. The largest absolute Gasteiger partial charge is 0.481 e. The van der Waals surface area contributed by atoms with Crippen molar-refractivity contribution in [3.63, 3.8) is 0 Å². The van der Waals surface area contributed by atoms with E-state index in [9.17, 15) is 9.59 Å². The first-order valence-electron chi connectivity index (χ1n) is 8.24. The lowest BCUT2D eigenvalue weighted by Crippen LogP contribution is -2.40. The Bertz CT molecular complexity index is 311. The van der Waals surface area contributed by atoms with Gasteiger partial charge < -0.3 is 14.7 Å². The van der Waals surface area contributed by atoms with Crippen LogP contribution < -0.4 is 0 Å². The van der Waals surface area contributed by atoms with Crippen molar-refractivity contribution in [1.29, 1.82) is 0 Å². The van der Waals surface area contributed by atoms with Crippen LogP contribution in [0.4, 0.5) is 0 Å². The molecule has 0 aromatic heterocycles. The van der Waals surface area contributed by atoms with Crippen molar-refractivity contribution < 1.29 is 19.4 Å². The van der Waals surface area contributed by atoms with Gasteiger partial charge in [0.05, 0.1) is 19.1 Å². The molecule has 1 aliphatic rings. The predicted octanol–water partition coefficient (Wildman–Crippen LogP) is 2.83. The molecule has 0 atom stereocenters. The van der Waals surface area contributed by atoms with Gasteiger partial charge in [-0.15, -0.1) is 0 Å². The maximum atomic E-state index is 12.0. The fourth-order valence-electron chi connectivity index (χ4n) is 2.62. The Balaban J connectivity index is 2.08. The Kier molecular flexibility index (Phi) is 9.06. The van der Waals surface area contributed by atoms with Gasteiger partial charge in [-0.1, -0.05) is 32.6 Å². The summed E-state index contributed by atoms with van der Waals surface area (Å²) < 4.78 is 5.53. The van der Waals surface area contributed by atoms with Crippen LogP contribution in [0, 0.1) is 0 Å². The van der Waals surface area contributed by atoms with Crippen LogP contribution in [0.25, 0.3) is 0 Å². The van der Waals surface area contributed by atoms with Crippen LogP contribution >= 0.6 is 0 Å². The SMILES string of the molecule is CCCCCCCC(=O)N1CCC(OCCC(=O)O)CC1. The maximum absolute atomic E-state index is 12.0. The zero-order valence-electron chi connectivity index (χ0n) is 13.2. The molecule has 0 aromatic carbocycles. The molecule has 1 amide bonds. The number of ether oxygens (including phenoxy) is 1. The highest BCUT2D eigenvalue weighted by Crippen LogP contribution is 2.16. The quantitative estimate of drug-likeness (QED) is 0.630. The van der Waals surface area contributed by atoms with Gasteiger partial charge in [0, 0.05) is 19.5 Å². The predicted molar refractivity (Wildman–Crippen MR) is 81.2 cm³/mol. The van der Waals surface area contributed by atoms with E-state index < -0.39 is 5.97 Å². The molecule has 5 nitrogen and oxygen atoms in total. The number of aliphatic carboxylic acids is 1. The van der Waals surface area contributed by atoms with E-state index in [1.807, 2.05) is 4.90 Å². The number of carboxylic acids is 1. The van der Waals surface area contributed by atoms with Gasteiger partial charge in [-0.25, -0.2) is 0 Å². The highest BCUT2D eigenvalue weighted by molar-refractivity contribution is 5.76. The van der Waals surface area contributed by atoms with Crippen LogP contribution in [0.1, 0.15) is 64.7 Å². The summed E-state index contributed by atoms with van der Waals surface area (Å²) in [5.41, 5.74) is 0. The summed E-state index contributed by atoms with van der Waals surface area (Å²) in [5.74, 6) is -0.568. The van der Waals surface area contributed by atoms with E-state index in [0.717, 1.165) is 38.8 Å². The standard InChI is InChI=1S/C16H29NO4/c1-2-3-4-5-6-7-15(18)17-11-8-14(9-12-17)21-13-10-16(19)20/h14H,2-13H2,1H3,(H,19,20). The van der Waals surface area contributed by atoms with Crippen LogP contribution in [0.3, 0.4) is 0 Å². The summed E-state index contributed by atoms with van der Waals surface area (Å²) in [4.78, 5) is 24.4. The van der Waals surface area contributed by atoms with Crippen molar-refractivity contribution in [2.45, 2.75) is 70.8 Å². The minimum Gasteiger partial charge on any atom is -0.481 e. The van der Waals surface area contributed by atoms with Gasteiger partial charge >= 0.3 is 5.97 Å². The number of carboxylic acid groups (broad SMARTS) is 1. The molecular formula is C16H29NO4. The van der Waals surface area contributed by atoms with Gasteiger partial charge in [0.25, 0.3) is 0 Å². The molecule has 1 N–H and O–H groups in total. The summed E-state index contributed by atoms with van der Waals surface area (Å²) in [6, 6.07) is 0. The Morgan fingerprint density at radius 2 is 1.76 bits per heavy atom. The number of nitrogens with zero attached hydrogens (tertiary/aromatic N) is 1. The maximum Gasteiger partial charge on any atom is 0.305 e. The number of carbonyl (C=O) groups is 2. The minimum atomic E-state index is -0.828. The van der Waals surface area contributed by atoms with Crippen molar-refractivity contribution in [1.82, 2.24) is 4.90 Å². The number of carbonyl (C=O) groups excluding carboxylic acids is 1. The lowest BCUT2D eigenvalue weighted by Gasteiger charge is -2.32. The number of rotatable bonds is 10. The molecule has 0 spiro atoms. The first kappa shape index (κ1) is 18.0. The zero-order valence-corrected chi connectivity index (χ0v) is 13.2. The first-order chi connectivity index (χ1) is 10.1. The number of amides is 1. The van der Waals surface area contributed by atoms with Gasteiger partial charge in [0.15, 0.2) is 0 Å². The Morgan fingerprint density at radius 3 is 2.38 bits per heavy atom. The van der Waals surface area contributed by atoms with Crippen molar-refractivity contribution in [2.24, 2.45) is 0 Å². The Hall–Kier alpha value is -1.10. The summed E-state index contributed by atoms with van der Waals surface area (Å²) in [6.07, 6.45) is 8.31. The second-order valence-electron chi connectivity index (χ2n) is 5.76. The van der Waals surface area contributed by atoms with E-state index in [2.05, 4.69) is 6.92 Å². The van der Waals surface area contributed by atoms with Gasteiger partial charge in [-0.2, -0.15) is 0 Å². The molecule has 0 aliphatic carbocycles. The molecule has 1 fully saturated rings. The third kappa shape index (κ3) is 8.05. The fraction of sp³-hybridized carbons (Fsp3) is 0.875. The van der Waals surface area contributed by atoms with Crippen molar-refractivity contribution in [3.05, 3.63) is 0 Å². The van der Waals surface area contributed by atoms with E-state index >= 15 is 0 Å². The van der Waals surface area contributed by atoms with Crippen LogP contribution in [0.15, 0.2) is 0 Å². The topological polar surface area (TPSA) is 66.8 Å². The summed E-state index contributed by atoms with van der Waals surface area (Å²) >= 11 is 0. The monoisotopic (exact) mass is 299 g/mol. The number of piperidine rings is 1. The van der Waals surface area contributed by atoms with E-state index in [1.165, 1.54) is 19.3 Å². The molecule has 21 heavy (non-hydrogen) atoms. The highest BCUT2D eigenvalue weighted by Gasteiger charge is 2.22. The molecule has 0 saturated carbocycles. The van der Waals surface area contributed by atoms with E-state index in [1.54, 1.807) is 0 Å². The fourth-order valence-corrected chi connectivity index (χ4v) is 2.62. The molecule has 1 rings (SSSR count). The number of hydrogen-bond donors (Lipinski definition) is 1. The number of hydrogen-bond acceptors (Lipinski definition) is 3. The third-order valence-electron chi connectivity index (χ3n) is 3.96. The summed E-state index contributed by atoms with van der Waals surface area (Å²) in [5, 5.41) is 8.56. The average Bonchev–Trinajstić information content (AvgIpc) is 2.47. The van der Waals surface area contributed by atoms with E-state index in [-0.39, 0.29) is 25.0 Å². The zero-order chi connectivity index (χ0) is 15.5. The third-order valence-corrected chi connectivity index (χ3v) is 3.96. The van der Waals surface area contributed by atoms with Gasteiger partial charge in [0.2, 0.25) is 5.91 Å². The average molecular weight is 299 g/mol. The normalized spacial score (nSPS) is 16.1. The molecule has 1 heterocycles. The van der Waals surface area contributed by atoms with Gasteiger partial charge in [-0.05, 0) is 19.3 Å². The number of unbranched alkanes of at least 4 members (excludes halogenated alkanes) is 4. The molecule has 5 heteroatoms. The molecular weight excluding hydrogens is 270 g/mol. The van der Waals surface area contributed by atoms with Crippen molar-refractivity contribution in [3.8, 4) is 0 Å². The molecule has 1 aliphatic heterocycles. The first-order valence-corrected chi connectivity index (χ1v) is 8.24. The number of likely N-dealkylation sites (tertiary alicyclic amines) is 1. The lowest BCUT2D eigenvalue weighted by molar-refractivity contribution is -0.139.